The molecule has 0 heterocycles. The number of nitrogens with zero attached hydrogens (tertiary/aromatic N) is 1. The average molecular weight is 419 g/mol. The standard InChI is InChI=1S/C8H7I2NO3/c1-8(9,10)14-7-4-2-6(3-5-7)11(12)13/h2-5H,1H3. The van der Waals surface area contributed by atoms with Crippen LogP contribution in [-0.4, -0.2) is 6.54 Å². The molecule has 1 aromatic carbocycles. The molecule has 0 spiro atoms. The lowest BCUT2D eigenvalue weighted by Crippen LogP contribution is -2.13. The van der Waals surface area contributed by atoms with E-state index >= 15 is 0 Å². The molecule has 1 aromatic rings. The van der Waals surface area contributed by atoms with E-state index in [0.29, 0.717) is 5.75 Å². The predicted molar refractivity (Wildman–Crippen MR) is 70.2 cm³/mol. The minimum absolute atomic E-state index is 0.0703. The Bertz CT molecular complexity index is 331. The molecule has 0 aromatic heterocycles. The Balaban J connectivity index is 2.79. The van der Waals surface area contributed by atoms with Gasteiger partial charge in [-0.2, -0.15) is 0 Å². The number of non-ortho nitro benzene ring substituents is 1. The van der Waals surface area contributed by atoms with E-state index in [0.717, 1.165) is 0 Å². The first-order chi connectivity index (χ1) is 6.38. The van der Waals surface area contributed by atoms with Crippen molar-refractivity contribution >= 4 is 50.9 Å². The fourth-order valence-corrected chi connectivity index (χ4v) is 1.35. The molecule has 6 heteroatoms. The van der Waals surface area contributed by atoms with E-state index in [2.05, 4.69) is 45.2 Å². The number of rotatable bonds is 3. The van der Waals surface area contributed by atoms with Crippen molar-refractivity contribution in [1.82, 2.24) is 0 Å². The molecule has 0 fully saturated rings. The van der Waals surface area contributed by atoms with Crippen LogP contribution in [0.5, 0.6) is 5.75 Å². The smallest absolute Gasteiger partial charge is 0.269 e. The number of hydrogen-bond acceptors (Lipinski definition) is 3. The summed E-state index contributed by atoms with van der Waals surface area (Å²) in [6.45, 7) is 1.90. The Kier molecular flexibility index (Phi) is 3.93. The van der Waals surface area contributed by atoms with Gasteiger partial charge in [0, 0.05) is 12.1 Å². The first-order valence-electron chi connectivity index (χ1n) is 3.70. The van der Waals surface area contributed by atoms with Gasteiger partial charge in [0.1, 0.15) is 5.75 Å². The van der Waals surface area contributed by atoms with E-state index in [1.807, 2.05) is 6.92 Å². The van der Waals surface area contributed by atoms with E-state index in [4.69, 9.17) is 4.74 Å². The van der Waals surface area contributed by atoms with Gasteiger partial charge < -0.3 is 4.74 Å². The highest BCUT2D eigenvalue weighted by Gasteiger charge is 2.16. The first-order valence-corrected chi connectivity index (χ1v) is 5.85. The zero-order chi connectivity index (χ0) is 10.8. The fourth-order valence-electron chi connectivity index (χ4n) is 0.843. The van der Waals surface area contributed by atoms with Crippen LogP contribution in [0, 0.1) is 10.1 Å². The monoisotopic (exact) mass is 419 g/mol. The third-order valence-corrected chi connectivity index (χ3v) is 1.79. The Labute approximate surface area is 108 Å². The molecule has 0 aliphatic rings. The molecule has 0 aliphatic heterocycles. The highest BCUT2D eigenvalue weighted by molar-refractivity contribution is 14.2. The van der Waals surface area contributed by atoms with Gasteiger partial charge in [-0.15, -0.1) is 0 Å². The average Bonchev–Trinajstić information content (AvgIpc) is 2.02. The number of nitro groups is 1. The van der Waals surface area contributed by atoms with Crippen LogP contribution in [0.2, 0.25) is 0 Å². The van der Waals surface area contributed by atoms with Crippen molar-refractivity contribution in [3.05, 3.63) is 34.4 Å². The summed E-state index contributed by atoms with van der Waals surface area (Å²) in [4.78, 5) is 9.93. The van der Waals surface area contributed by atoms with Crippen LogP contribution in [0.25, 0.3) is 0 Å². The van der Waals surface area contributed by atoms with Gasteiger partial charge in [0.25, 0.3) is 5.69 Å². The van der Waals surface area contributed by atoms with E-state index in [-0.39, 0.29) is 7.30 Å². The lowest BCUT2D eigenvalue weighted by Gasteiger charge is -2.16. The summed E-state index contributed by atoms with van der Waals surface area (Å²) in [6.07, 6.45) is 0. The van der Waals surface area contributed by atoms with E-state index in [1.165, 1.54) is 12.1 Å². The quantitative estimate of drug-likeness (QED) is 0.326. The normalized spacial score (nSPS) is 11.1. The van der Waals surface area contributed by atoms with Crippen LogP contribution in [0.15, 0.2) is 24.3 Å². The van der Waals surface area contributed by atoms with Crippen LogP contribution < -0.4 is 4.74 Å². The summed E-state index contributed by atoms with van der Waals surface area (Å²) in [5, 5.41) is 10.4. The maximum Gasteiger partial charge on any atom is 0.269 e. The second-order valence-corrected chi connectivity index (χ2v) is 8.84. The summed E-state index contributed by atoms with van der Waals surface area (Å²) in [6, 6.07) is 6.03. The van der Waals surface area contributed by atoms with Gasteiger partial charge in [-0.05, 0) is 64.2 Å². The van der Waals surface area contributed by atoms with Crippen LogP contribution in [0.3, 0.4) is 0 Å². The number of benzene rings is 1. The SMILES string of the molecule is CC(I)(I)Oc1ccc([N+](=O)[O-])cc1. The zero-order valence-corrected chi connectivity index (χ0v) is 11.6. The van der Waals surface area contributed by atoms with Crippen molar-refractivity contribution in [3.8, 4) is 5.75 Å². The maximum atomic E-state index is 10.4. The molecule has 0 bridgehead atoms. The second kappa shape index (κ2) is 4.60. The molecule has 4 nitrogen and oxygen atoms in total. The van der Waals surface area contributed by atoms with Crippen molar-refractivity contribution in [2.45, 2.75) is 8.54 Å². The number of hydrogen-bond donors (Lipinski definition) is 0. The second-order valence-electron chi connectivity index (χ2n) is 2.66. The van der Waals surface area contributed by atoms with Gasteiger partial charge in [-0.25, -0.2) is 0 Å². The zero-order valence-electron chi connectivity index (χ0n) is 7.24. The first kappa shape index (κ1) is 12.0. The largest absolute Gasteiger partial charge is 0.468 e. The molecule has 76 valence electrons. The third kappa shape index (κ3) is 3.95. The number of ether oxygens (including phenoxy) is 1. The number of halogens is 2. The number of nitro benzene ring substituents is 1. The summed E-state index contributed by atoms with van der Waals surface area (Å²) >= 11 is 4.27. The Morgan fingerprint density at radius 3 is 2.21 bits per heavy atom. The van der Waals surface area contributed by atoms with E-state index in [9.17, 15) is 10.1 Å². The summed E-state index contributed by atoms with van der Waals surface area (Å²) in [5.74, 6) is 0.627. The Morgan fingerprint density at radius 1 is 1.36 bits per heavy atom. The topological polar surface area (TPSA) is 52.4 Å². The molecule has 0 atom stereocenters. The molecule has 1 rings (SSSR count). The fraction of sp³-hybridized carbons (Fsp3) is 0.250. The summed E-state index contributed by atoms with van der Waals surface area (Å²) in [7, 11) is 0. The van der Waals surface area contributed by atoms with Crippen LogP contribution >= 0.6 is 45.2 Å². The molecule has 0 radical (unpaired) electrons. The van der Waals surface area contributed by atoms with Crippen LogP contribution in [0.1, 0.15) is 6.92 Å². The van der Waals surface area contributed by atoms with Gasteiger partial charge in [0.2, 0.25) is 1.61 Å². The molecule has 0 aliphatic carbocycles. The Morgan fingerprint density at radius 2 is 1.86 bits per heavy atom. The van der Waals surface area contributed by atoms with Crippen molar-refractivity contribution in [2.24, 2.45) is 0 Å². The minimum Gasteiger partial charge on any atom is -0.468 e. The highest BCUT2D eigenvalue weighted by atomic mass is 127. The molecular weight excluding hydrogens is 412 g/mol. The summed E-state index contributed by atoms with van der Waals surface area (Å²) in [5.41, 5.74) is 0.0703. The summed E-state index contributed by atoms with van der Waals surface area (Å²) < 4.78 is 5.15. The van der Waals surface area contributed by atoms with Crippen LogP contribution in [0.4, 0.5) is 5.69 Å². The Hall–Kier alpha value is -0.120. The van der Waals surface area contributed by atoms with Gasteiger partial charge >= 0.3 is 0 Å². The maximum absolute atomic E-state index is 10.4. The lowest BCUT2D eigenvalue weighted by atomic mass is 10.3. The van der Waals surface area contributed by atoms with Gasteiger partial charge in [0.15, 0.2) is 0 Å². The third-order valence-electron chi connectivity index (χ3n) is 1.34. The van der Waals surface area contributed by atoms with Crippen molar-refractivity contribution in [2.75, 3.05) is 0 Å². The molecule has 0 saturated carbocycles. The van der Waals surface area contributed by atoms with Crippen molar-refractivity contribution in [3.63, 3.8) is 0 Å². The minimum atomic E-state index is -0.433. The molecule has 0 N–H and O–H groups in total. The van der Waals surface area contributed by atoms with E-state index in [1.54, 1.807) is 12.1 Å². The van der Waals surface area contributed by atoms with Crippen LogP contribution in [-0.2, 0) is 0 Å². The molecule has 0 amide bonds. The molecule has 0 unspecified atom stereocenters. The van der Waals surface area contributed by atoms with Crippen molar-refractivity contribution in [1.29, 1.82) is 0 Å². The lowest BCUT2D eigenvalue weighted by molar-refractivity contribution is -0.384. The predicted octanol–water partition coefficient (Wildman–Crippen LogP) is 3.52. The van der Waals surface area contributed by atoms with Gasteiger partial charge in [-0.1, -0.05) is 0 Å². The molecule has 0 saturated heterocycles. The highest BCUT2D eigenvalue weighted by Crippen LogP contribution is 2.31. The van der Waals surface area contributed by atoms with E-state index < -0.39 is 4.92 Å². The number of alkyl halides is 2. The van der Waals surface area contributed by atoms with Gasteiger partial charge in [-0.3, -0.25) is 10.1 Å². The molecular formula is C8H7I2NO3. The molecule has 14 heavy (non-hydrogen) atoms. The van der Waals surface area contributed by atoms with Gasteiger partial charge in [0.05, 0.1) is 4.92 Å². The van der Waals surface area contributed by atoms with Crippen molar-refractivity contribution < 1.29 is 9.66 Å².